The molecule has 0 unspecified atom stereocenters. The van der Waals surface area contributed by atoms with Crippen LogP contribution >= 0.6 is 0 Å². The minimum absolute atomic E-state index is 0.122. The number of benzene rings is 3. The Morgan fingerprint density at radius 2 is 1.71 bits per heavy atom. The molecule has 4 heteroatoms. The van der Waals surface area contributed by atoms with Crippen molar-refractivity contribution in [2.75, 3.05) is 0 Å². The van der Waals surface area contributed by atoms with E-state index >= 15 is 0 Å². The fourth-order valence-electron chi connectivity index (χ4n) is 2.48. The molecule has 3 rings (SSSR count). The van der Waals surface area contributed by atoms with E-state index in [-0.39, 0.29) is 22.8 Å². The minimum atomic E-state index is -0.592. The zero-order valence-corrected chi connectivity index (χ0v) is 12.7. The van der Waals surface area contributed by atoms with Crippen molar-refractivity contribution < 1.29 is 19.4 Å². The predicted octanol–water partition coefficient (Wildman–Crippen LogP) is 3.87. The van der Waals surface area contributed by atoms with Gasteiger partial charge in [-0.2, -0.15) is 0 Å². The van der Waals surface area contributed by atoms with Gasteiger partial charge in [0.05, 0.1) is 5.56 Å². The third kappa shape index (κ3) is 2.90. The maximum atomic E-state index is 12.8. The van der Waals surface area contributed by atoms with Crippen molar-refractivity contribution in [1.82, 2.24) is 0 Å². The second-order valence-electron chi connectivity index (χ2n) is 5.16. The van der Waals surface area contributed by atoms with Gasteiger partial charge in [-0.25, -0.2) is 4.79 Å². The normalized spacial score (nSPS) is 10.3. The summed E-state index contributed by atoms with van der Waals surface area (Å²) in [5, 5.41) is 11.5. The second kappa shape index (κ2) is 6.38. The lowest BCUT2D eigenvalue weighted by Gasteiger charge is -2.10. The lowest BCUT2D eigenvalue weighted by Crippen LogP contribution is -2.05. The summed E-state index contributed by atoms with van der Waals surface area (Å²) in [7, 11) is 0. The largest absolute Gasteiger partial charge is 0.507 e. The van der Waals surface area contributed by atoms with Gasteiger partial charge < -0.3 is 9.84 Å². The maximum absolute atomic E-state index is 12.8. The number of ether oxygens (including phenoxy) is 1. The Balaban J connectivity index is 2.16. The van der Waals surface area contributed by atoms with Gasteiger partial charge in [-0.15, -0.1) is 0 Å². The van der Waals surface area contributed by atoms with E-state index in [1.54, 1.807) is 48.5 Å². The molecule has 24 heavy (non-hydrogen) atoms. The summed E-state index contributed by atoms with van der Waals surface area (Å²) in [4.78, 5) is 24.2. The fraction of sp³-hybridized carbons (Fsp3) is 0. The molecule has 0 aliphatic rings. The van der Waals surface area contributed by atoms with Gasteiger partial charge in [0.2, 0.25) is 0 Å². The molecular weight excluding hydrogens is 304 g/mol. The molecule has 0 aliphatic carbocycles. The van der Waals surface area contributed by atoms with Gasteiger partial charge in [-0.05, 0) is 23.6 Å². The summed E-state index contributed by atoms with van der Waals surface area (Å²) < 4.78 is 5.10. The standard InChI is InChI=1S/C20H14O4/c1-2-18(22)24-15-10-8-13-9-11-17(21)19(16(13)12-15)20(23)14-6-4-3-5-7-14/h2-12,21H,1H2. The Morgan fingerprint density at radius 1 is 1.00 bits per heavy atom. The van der Waals surface area contributed by atoms with E-state index in [2.05, 4.69) is 6.58 Å². The number of ketones is 1. The number of carbonyl (C=O) groups is 2. The van der Waals surface area contributed by atoms with Gasteiger partial charge in [-0.3, -0.25) is 4.79 Å². The molecule has 0 atom stereocenters. The van der Waals surface area contributed by atoms with Crippen LogP contribution in [0.3, 0.4) is 0 Å². The SMILES string of the molecule is C=CC(=O)Oc1ccc2ccc(O)c(C(=O)c3ccccc3)c2c1. The van der Waals surface area contributed by atoms with Crippen LogP contribution in [0.25, 0.3) is 10.8 Å². The Labute approximate surface area is 138 Å². The van der Waals surface area contributed by atoms with E-state index < -0.39 is 5.97 Å². The lowest BCUT2D eigenvalue weighted by atomic mass is 9.96. The number of rotatable bonds is 4. The molecule has 4 nitrogen and oxygen atoms in total. The monoisotopic (exact) mass is 318 g/mol. The van der Waals surface area contributed by atoms with Gasteiger partial charge in [0.25, 0.3) is 0 Å². The molecule has 1 N–H and O–H groups in total. The van der Waals surface area contributed by atoms with E-state index in [1.807, 2.05) is 6.07 Å². The Bertz CT molecular complexity index is 943. The van der Waals surface area contributed by atoms with E-state index in [0.29, 0.717) is 10.9 Å². The van der Waals surface area contributed by atoms with E-state index in [0.717, 1.165) is 11.5 Å². The number of fused-ring (bicyclic) bond motifs is 1. The minimum Gasteiger partial charge on any atom is -0.507 e. The number of phenols is 1. The molecule has 0 fully saturated rings. The first kappa shape index (κ1) is 15.5. The van der Waals surface area contributed by atoms with Crippen molar-refractivity contribution in [3.8, 4) is 11.5 Å². The van der Waals surface area contributed by atoms with Crippen molar-refractivity contribution in [3.05, 3.63) is 84.4 Å². The predicted molar refractivity (Wildman–Crippen MR) is 91.3 cm³/mol. The van der Waals surface area contributed by atoms with Gasteiger partial charge in [0, 0.05) is 17.0 Å². The van der Waals surface area contributed by atoms with Crippen LogP contribution in [0.2, 0.25) is 0 Å². The van der Waals surface area contributed by atoms with Crippen LogP contribution in [0, 0.1) is 0 Å². The third-order valence-electron chi connectivity index (χ3n) is 3.62. The van der Waals surface area contributed by atoms with Crippen LogP contribution < -0.4 is 4.74 Å². The van der Waals surface area contributed by atoms with Crippen molar-refractivity contribution in [3.63, 3.8) is 0 Å². The molecule has 0 radical (unpaired) electrons. The first-order chi connectivity index (χ1) is 11.6. The fourth-order valence-corrected chi connectivity index (χ4v) is 2.48. The van der Waals surface area contributed by atoms with Gasteiger partial charge in [0.15, 0.2) is 5.78 Å². The quantitative estimate of drug-likeness (QED) is 0.343. The highest BCUT2D eigenvalue weighted by Crippen LogP contribution is 2.32. The number of hydrogen-bond acceptors (Lipinski definition) is 4. The summed E-state index contributed by atoms with van der Waals surface area (Å²) >= 11 is 0. The molecule has 0 saturated carbocycles. The number of hydrogen-bond donors (Lipinski definition) is 1. The Hall–Kier alpha value is -3.40. The van der Waals surface area contributed by atoms with E-state index in [1.165, 1.54) is 6.07 Å². The number of esters is 1. The first-order valence-corrected chi connectivity index (χ1v) is 7.30. The highest BCUT2D eigenvalue weighted by Gasteiger charge is 2.17. The smallest absolute Gasteiger partial charge is 0.335 e. The Kier molecular flexibility index (Phi) is 4.12. The number of phenolic OH excluding ortho intramolecular Hbond substituents is 1. The van der Waals surface area contributed by atoms with E-state index in [4.69, 9.17) is 4.74 Å². The van der Waals surface area contributed by atoms with Crippen LogP contribution in [-0.4, -0.2) is 16.9 Å². The zero-order chi connectivity index (χ0) is 17.1. The lowest BCUT2D eigenvalue weighted by molar-refractivity contribution is -0.128. The number of aromatic hydroxyl groups is 1. The molecule has 3 aromatic carbocycles. The van der Waals surface area contributed by atoms with Crippen molar-refractivity contribution >= 4 is 22.5 Å². The topological polar surface area (TPSA) is 63.6 Å². The third-order valence-corrected chi connectivity index (χ3v) is 3.62. The average molecular weight is 318 g/mol. The van der Waals surface area contributed by atoms with Gasteiger partial charge in [-0.1, -0.05) is 49.0 Å². The molecule has 0 aliphatic heterocycles. The summed E-state index contributed by atoms with van der Waals surface area (Å²) in [6.45, 7) is 3.35. The summed E-state index contributed by atoms with van der Waals surface area (Å²) in [6.07, 6.45) is 1.06. The van der Waals surface area contributed by atoms with Crippen LogP contribution in [0.5, 0.6) is 11.5 Å². The van der Waals surface area contributed by atoms with Crippen molar-refractivity contribution in [1.29, 1.82) is 0 Å². The molecular formula is C20H14O4. The zero-order valence-electron chi connectivity index (χ0n) is 12.7. The average Bonchev–Trinajstić information content (AvgIpc) is 2.61. The molecule has 0 aromatic heterocycles. The number of carbonyl (C=O) groups excluding carboxylic acids is 2. The molecule has 0 bridgehead atoms. The Morgan fingerprint density at radius 3 is 2.42 bits per heavy atom. The first-order valence-electron chi connectivity index (χ1n) is 7.30. The van der Waals surface area contributed by atoms with Crippen LogP contribution in [0.4, 0.5) is 0 Å². The van der Waals surface area contributed by atoms with Crippen molar-refractivity contribution in [2.24, 2.45) is 0 Å². The molecule has 3 aromatic rings. The van der Waals surface area contributed by atoms with E-state index in [9.17, 15) is 14.7 Å². The summed E-state index contributed by atoms with van der Waals surface area (Å²) in [6, 6.07) is 16.8. The summed E-state index contributed by atoms with van der Waals surface area (Å²) in [5.74, 6) is -0.736. The molecule has 0 heterocycles. The van der Waals surface area contributed by atoms with Gasteiger partial charge >= 0.3 is 5.97 Å². The molecule has 0 saturated heterocycles. The second-order valence-corrected chi connectivity index (χ2v) is 5.16. The van der Waals surface area contributed by atoms with Crippen LogP contribution in [0.1, 0.15) is 15.9 Å². The van der Waals surface area contributed by atoms with Gasteiger partial charge in [0.1, 0.15) is 11.5 Å². The summed E-state index contributed by atoms with van der Waals surface area (Å²) in [5.41, 5.74) is 0.643. The molecule has 118 valence electrons. The molecule has 0 amide bonds. The van der Waals surface area contributed by atoms with Crippen LogP contribution in [-0.2, 0) is 4.79 Å². The molecule has 0 spiro atoms. The highest BCUT2D eigenvalue weighted by molar-refractivity contribution is 6.18. The maximum Gasteiger partial charge on any atom is 0.335 e. The van der Waals surface area contributed by atoms with Crippen LogP contribution in [0.15, 0.2) is 73.3 Å². The highest BCUT2D eigenvalue weighted by atomic mass is 16.5. The van der Waals surface area contributed by atoms with Crippen molar-refractivity contribution in [2.45, 2.75) is 0 Å².